The minimum Gasteiger partial charge on any atom is -0.0929 e. The molecule has 0 heterocycles. The molecule has 0 nitrogen and oxygen atoms in total. The summed E-state index contributed by atoms with van der Waals surface area (Å²) >= 11 is 5.51. The summed E-state index contributed by atoms with van der Waals surface area (Å²) in [6.45, 7) is 2.24. The lowest BCUT2D eigenvalue weighted by molar-refractivity contribution is 0.667. The van der Waals surface area contributed by atoms with Gasteiger partial charge in [0.05, 0.1) is 0 Å². The van der Waals surface area contributed by atoms with Gasteiger partial charge in [-0.05, 0) is 30.0 Å². The van der Waals surface area contributed by atoms with Crippen LogP contribution in [0.2, 0.25) is 0 Å². The van der Waals surface area contributed by atoms with E-state index in [1.807, 2.05) is 6.08 Å². The van der Waals surface area contributed by atoms with Crippen molar-refractivity contribution >= 4 is 17.7 Å². The average Bonchev–Trinajstić information content (AvgIpc) is 2.27. The van der Waals surface area contributed by atoms with Crippen LogP contribution in [-0.4, -0.2) is 0 Å². The second-order valence-corrected chi connectivity index (χ2v) is 4.10. The van der Waals surface area contributed by atoms with Crippen LogP contribution < -0.4 is 0 Å². The van der Waals surface area contributed by atoms with Gasteiger partial charge in [-0.2, -0.15) is 0 Å². The number of benzene rings is 1. The van der Waals surface area contributed by atoms with E-state index in [0.717, 1.165) is 0 Å². The van der Waals surface area contributed by atoms with E-state index in [1.165, 1.54) is 43.2 Å². The highest BCUT2D eigenvalue weighted by molar-refractivity contribution is 6.27. The van der Waals surface area contributed by atoms with Crippen molar-refractivity contribution in [2.75, 3.05) is 0 Å². The molecule has 1 rings (SSSR count). The molecule has 0 fully saturated rings. The van der Waals surface area contributed by atoms with Gasteiger partial charge in [0, 0.05) is 5.54 Å². The third kappa shape index (κ3) is 5.03. The second kappa shape index (κ2) is 7.53. The van der Waals surface area contributed by atoms with Crippen LogP contribution in [0.1, 0.15) is 43.7 Å². The number of aryl methyl sites for hydroxylation is 1. The van der Waals surface area contributed by atoms with Crippen LogP contribution in [0.25, 0.3) is 6.08 Å². The van der Waals surface area contributed by atoms with Gasteiger partial charge >= 0.3 is 0 Å². The molecule has 0 aliphatic rings. The van der Waals surface area contributed by atoms with Gasteiger partial charge in [-0.3, -0.25) is 0 Å². The largest absolute Gasteiger partial charge is 0.0929 e. The van der Waals surface area contributed by atoms with Crippen molar-refractivity contribution in [3.05, 3.63) is 40.9 Å². The molecule has 0 atom stereocenters. The van der Waals surface area contributed by atoms with Gasteiger partial charge in [-0.25, -0.2) is 0 Å². The molecule has 0 unspecified atom stereocenters. The maximum absolute atomic E-state index is 5.51. The van der Waals surface area contributed by atoms with E-state index in [9.17, 15) is 0 Å². The van der Waals surface area contributed by atoms with Gasteiger partial charge < -0.3 is 0 Å². The molecule has 82 valence electrons. The zero-order valence-electron chi connectivity index (χ0n) is 9.38. The van der Waals surface area contributed by atoms with Crippen molar-refractivity contribution in [1.82, 2.24) is 0 Å². The number of hydrogen-bond acceptors (Lipinski definition) is 0. The molecule has 0 saturated heterocycles. The molecule has 1 heteroatoms. The van der Waals surface area contributed by atoms with Crippen LogP contribution in [0.4, 0.5) is 0 Å². The minimum absolute atomic E-state index is 1.17. The highest BCUT2D eigenvalue weighted by atomic mass is 35.5. The predicted molar refractivity (Wildman–Crippen MR) is 69.2 cm³/mol. The Balaban J connectivity index is 2.36. The number of hydrogen-bond donors (Lipinski definition) is 0. The molecule has 0 amide bonds. The fourth-order valence-corrected chi connectivity index (χ4v) is 1.77. The van der Waals surface area contributed by atoms with Gasteiger partial charge in [-0.15, -0.1) is 0 Å². The normalized spacial score (nSPS) is 11.1. The molecule has 0 aromatic heterocycles. The standard InChI is InChI=1S/C14H19Cl/c1-2-3-4-5-6-13-7-9-14(10-8-13)11-12-15/h7-12H,2-6H2,1H3/b12-11+. The first kappa shape index (κ1) is 12.3. The Morgan fingerprint density at radius 3 is 2.40 bits per heavy atom. The van der Waals surface area contributed by atoms with Crippen LogP contribution in [0.5, 0.6) is 0 Å². The highest BCUT2D eigenvalue weighted by Crippen LogP contribution is 2.10. The fraction of sp³-hybridized carbons (Fsp3) is 0.429. The Kier molecular flexibility index (Phi) is 6.18. The maximum Gasteiger partial charge on any atom is 0.00484 e. The molecular weight excluding hydrogens is 204 g/mol. The first-order valence-corrected chi connectivity index (χ1v) is 6.16. The molecule has 15 heavy (non-hydrogen) atoms. The highest BCUT2D eigenvalue weighted by Gasteiger charge is 1.93. The van der Waals surface area contributed by atoms with Gasteiger partial charge in [0.15, 0.2) is 0 Å². The number of rotatable bonds is 6. The Labute approximate surface area is 98.0 Å². The molecular formula is C14H19Cl. The smallest absolute Gasteiger partial charge is 0.00484 e. The monoisotopic (exact) mass is 222 g/mol. The van der Waals surface area contributed by atoms with E-state index in [4.69, 9.17) is 11.6 Å². The molecule has 0 saturated carbocycles. The third-order valence-corrected chi connectivity index (χ3v) is 2.68. The summed E-state index contributed by atoms with van der Waals surface area (Å²) < 4.78 is 0. The van der Waals surface area contributed by atoms with Gasteiger partial charge in [0.2, 0.25) is 0 Å². The van der Waals surface area contributed by atoms with E-state index in [2.05, 4.69) is 31.2 Å². The summed E-state index contributed by atoms with van der Waals surface area (Å²) in [6.07, 6.45) is 8.41. The van der Waals surface area contributed by atoms with E-state index in [1.54, 1.807) is 5.54 Å². The van der Waals surface area contributed by atoms with Crippen LogP contribution in [0, 0.1) is 0 Å². The lowest BCUT2D eigenvalue weighted by Crippen LogP contribution is -1.85. The van der Waals surface area contributed by atoms with Crippen molar-refractivity contribution in [3.8, 4) is 0 Å². The van der Waals surface area contributed by atoms with Crippen LogP contribution in [0.3, 0.4) is 0 Å². The maximum atomic E-state index is 5.51. The molecule has 0 spiro atoms. The van der Waals surface area contributed by atoms with Crippen molar-refractivity contribution in [2.24, 2.45) is 0 Å². The zero-order chi connectivity index (χ0) is 10.9. The van der Waals surface area contributed by atoms with Gasteiger partial charge in [-0.1, -0.05) is 62.1 Å². The SMILES string of the molecule is CCCCCCc1ccc(/C=C/Cl)cc1. The lowest BCUT2D eigenvalue weighted by Gasteiger charge is -2.01. The van der Waals surface area contributed by atoms with Crippen molar-refractivity contribution < 1.29 is 0 Å². The van der Waals surface area contributed by atoms with E-state index in [-0.39, 0.29) is 0 Å². The second-order valence-electron chi connectivity index (χ2n) is 3.84. The fourth-order valence-electron chi connectivity index (χ4n) is 1.62. The molecule has 0 bridgehead atoms. The summed E-state index contributed by atoms with van der Waals surface area (Å²) in [5.74, 6) is 0. The first-order valence-electron chi connectivity index (χ1n) is 5.72. The van der Waals surface area contributed by atoms with Crippen molar-refractivity contribution in [1.29, 1.82) is 0 Å². The topological polar surface area (TPSA) is 0 Å². The summed E-state index contributed by atoms with van der Waals surface area (Å²) in [5.41, 5.74) is 4.15. The minimum atomic E-state index is 1.17. The predicted octanol–water partition coefficient (Wildman–Crippen LogP) is 5.02. The molecule has 0 aliphatic heterocycles. The van der Waals surface area contributed by atoms with Crippen LogP contribution >= 0.6 is 11.6 Å². The van der Waals surface area contributed by atoms with Crippen LogP contribution in [-0.2, 0) is 6.42 Å². The zero-order valence-corrected chi connectivity index (χ0v) is 10.1. The molecule has 1 aromatic rings. The number of halogens is 1. The Bertz CT molecular complexity index is 285. The summed E-state index contributed by atoms with van der Waals surface area (Å²) in [4.78, 5) is 0. The van der Waals surface area contributed by atoms with E-state index in [0.29, 0.717) is 0 Å². The van der Waals surface area contributed by atoms with Crippen molar-refractivity contribution in [3.63, 3.8) is 0 Å². The first-order chi connectivity index (χ1) is 7.36. The average molecular weight is 223 g/mol. The van der Waals surface area contributed by atoms with E-state index >= 15 is 0 Å². The van der Waals surface area contributed by atoms with E-state index < -0.39 is 0 Å². The summed E-state index contributed by atoms with van der Waals surface area (Å²) in [7, 11) is 0. The molecule has 0 radical (unpaired) electrons. The van der Waals surface area contributed by atoms with Gasteiger partial charge in [0.25, 0.3) is 0 Å². The molecule has 0 N–H and O–H groups in total. The Morgan fingerprint density at radius 1 is 1.07 bits per heavy atom. The number of unbranched alkanes of at least 4 members (excludes halogenated alkanes) is 3. The van der Waals surface area contributed by atoms with Crippen LogP contribution in [0.15, 0.2) is 29.8 Å². The summed E-state index contributed by atoms with van der Waals surface area (Å²) in [5, 5.41) is 0. The third-order valence-electron chi connectivity index (χ3n) is 2.55. The lowest BCUT2D eigenvalue weighted by atomic mass is 10.0. The van der Waals surface area contributed by atoms with Crippen molar-refractivity contribution in [2.45, 2.75) is 39.0 Å². The van der Waals surface area contributed by atoms with Gasteiger partial charge in [0.1, 0.15) is 0 Å². The Morgan fingerprint density at radius 2 is 1.80 bits per heavy atom. The Hall–Kier alpha value is -0.750. The molecule has 1 aromatic carbocycles. The quantitative estimate of drug-likeness (QED) is 0.593. The summed E-state index contributed by atoms with van der Waals surface area (Å²) in [6, 6.07) is 8.62. The molecule has 0 aliphatic carbocycles.